The van der Waals surface area contributed by atoms with Gasteiger partial charge in [-0.2, -0.15) is 5.26 Å². The summed E-state index contributed by atoms with van der Waals surface area (Å²) in [5.74, 6) is 0. The van der Waals surface area contributed by atoms with Crippen molar-refractivity contribution in [3.05, 3.63) is 63.6 Å². The molecule has 0 N–H and O–H groups in total. The van der Waals surface area contributed by atoms with Crippen molar-refractivity contribution in [1.29, 1.82) is 5.26 Å². The number of nitrogens with zero attached hydrogens (tertiary/aromatic N) is 3. The summed E-state index contributed by atoms with van der Waals surface area (Å²) in [6.07, 6.45) is 0. The number of para-hydroxylation sites is 1. The number of hydrogen-bond donors (Lipinski definition) is 0. The summed E-state index contributed by atoms with van der Waals surface area (Å²) >= 11 is 4.37. The minimum Gasteiger partial charge on any atom is -0.268 e. The first-order valence-electron chi connectivity index (χ1n) is 7.89. The van der Waals surface area contributed by atoms with E-state index in [1.165, 1.54) is 23.1 Å². The van der Waals surface area contributed by atoms with Crippen molar-refractivity contribution in [2.24, 2.45) is 0 Å². The monoisotopic (exact) mass is 395 g/mol. The van der Waals surface area contributed by atoms with Crippen LogP contribution < -0.4 is 5.56 Å². The van der Waals surface area contributed by atoms with Gasteiger partial charge in [0.05, 0.1) is 22.4 Å². The highest BCUT2D eigenvalue weighted by Gasteiger charge is 2.20. The van der Waals surface area contributed by atoms with Gasteiger partial charge in [-0.1, -0.05) is 36.0 Å². The molecule has 3 heterocycles. The van der Waals surface area contributed by atoms with Gasteiger partial charge in [-0.05, 0) is 30.5 Å². The van der Waals surface area contributed by atoms with Crippen molar-refractivity contribution < 1.29 is 0 Å². The standard InChI is InChI=1S/C19H13N3OS3/c1-12(10-20)26-19-21-17-16(14(11-25-17)15-8-5-9-24-15)18(23)22(19)13-6-3-2-4-7-13/h2-9,11-12H,1H3/t12-/m1/s1. The van der Waals surface area contributed by atoms with Crippen LogP contribution in [0.4, 0.5) is 0 Å². The molecular formula is C19H13N3OS3. The largest absolute Gasteiger partial charge is 0.268 e. The van der Waals surface area contributed by atoms with E-state index in [1.54, 1.807) is 15.9 Å². The first-order chi connectivity index (χ1) is 12.7. The molecular weight excluding hydrogens is 382 g/mol. The average Bonchev–Trinajstić information content (AvgIpc) is 3.32. The molecule has 1 aromatic carbocycles. The summed E-state index contributed by atoms with van der Waals surface area (Å²) in [6, 6.07) is 15.6. The topological polar surface area (TPSA) is 58.7 Å². The number of nitriles is 1. The molecule has 7 heteroatoms. The molecule has 0 saturated heterocycles. The van der Waals surface area contributed by atoms with Crippen LogP contribution in [0.5, 0.6) is 0 Å². The highest BCUT2D eigenvalue weighted by atomic mass is 32.2. The van der Waals surface area contributed by atoms with E-state index in [0.717, 1.165) is 16.1 Å². The third kappa shape index (κ3) is 2.97. The Bertz CT molecular complexity index is 1150. The fourth-order valence-electron chi connectivity index (χ4n) is 2.65. The molecule has 4 aromatic rings. The molecule has 0 aliphatic rings. The quantitative estimate of drug-likeness (QED) is 0.353. The molecule has 1 atom stereocenters. The van der Waals surface area contributed by atoms with Crippen LogP contribution in [0.2, 0.25) is 0 Å². The number of rotatable bonds is 4. The van der Waals surface area contributed by atoms with Crippen LogP contribution in [0.1, 0.15) is 6.92 Å². The molecule has 0 amide bonds. The van der Waals surface area contributed by atoms with Crippen molar-refractivity contribution >= 4 is 44.7 Å². The van der Waals surface area contributed by atoms with E-state index in [1.807, 2.05) is 60.1 Å². The highest BCUT2D eigenvalue weighted by Crippen LogP contribution is 2.35. The number of fused-ring (bicyclic) bond motifs is 1. The van der Waals surface area contributed by atoms with E-state index in [4.69, 9.17) is 4.98 Å². The van der Waals surface area contributed by atoms with Crippen molar-refractivity contribution in [2.45, 2.75) is 17.3 Å². The van der Waals surface area contributed by atoms with Crippen molar-refractivity contribution in [3.63, 3.8) is 0 Å². The van der Waals surface area contributed by atoms with Crippen LogP contribution in [0, 0.1) is 11.3 Å². The maximum absolute atomic E-state index is 13.4. The van der Waals surface area contributed by atoms with Gasteiger partial charge in [0.2, 0.25) is 0 Å². The van der Waals surface area contributed by atoms with Gasteiger partial charge in [-0.15, -0.1) is 22.7 Å². The Balaban J connectivity index is 2.03. The van der Waals surface area contributed by atoms with Gasteiger partial charge in [0, 0.05) is 15.8 Å². The van der Waals surface area contributed by atoms with Gasteiger partial charge in [-0.3, -0.25) is 9.36 Å². The first kappa shape index (κ1) is 17.0. The predicted molar refractivity (Wildman–Crippen MR) is 109 cm³/mol. The van der Waals surface area contributed by atoms with E-state index < -0.39 is 0 Å². The molecule has 0 aliphatic carbocycles. The van der Waals surface area contributed by atoms with Crippen molar-refractivity contribution in [3.8, 4) is 22.2 Å². The highest BCUT2D eigenvalue weighted by molar-refractivity contribution is 8.00. The van der Waals surface area contributed by atoms with Crippen LogP contribution in [0.25, 0.3) is 26.3 Å². The third-order valence-corrected chi connectivity index (χ3v) is 6.56. The van der Waals surface area contributed by atoms with Crippen LogP contribution in [0.3, 0.4) is 0 Å². The zero-order chi connectivity index (χ0) is 18.1. The van der Waals surface area contributed by atoms with E-state index in [2.05, 4.69) is 6.07 Å². The summed E-state index contributed by atoms with van der Waals surface area (Å²) in [7, 11) is 0. The second-order valence-corrected chi connectivity index (χ2v) is 8.68. The molecule has 0 radical (unpaired) electrons. The molecule has 0 spiro atoms. The van der Waals surface area contributed by atoms with E-state index in [9.17, 15) is 10.1 Å². The summed E-state index contributed by atoms with van der Waals surface area (Å²) in [5.41, 5.74) is 1.58. The number of benzene rings is 1. The summed E-state index contributed by atoms with van der Waals surface area (Å²) in [5, 5.41) is 14.1. The zero-order valence-corrected chi connectivity index (χ0v) is 16.2. The number of thioether (sulfide) groups is 1. The minimum atomic E-state index is -0.300. The number of aromatic nitrogens is 2. The Hall–Kier alpha value is -2.40. The molecule has 0 aliphatic heterocycles. The lowest BCUT2D eigenvalue weighted by molar-refractivity contribution is 0.821. The Labute approximate surface area is 162 Å². The van der Waals surface area contributed by atoms with Gasteiger partial charge in [0.1, 0.15) is 4.83 Å². The Morgan fingerprint density at radius 1 is 1.19 bits per heavy atom. The zero-order valence-electron chi connectivity index (χ0n) is 13.7. The molecule has 0 bridgehead atoms. The smallest absolute Gasteiger partial charge is 0.268 e. The average molecular weight is 396 g/mol. The lowest BCUT2D eigenvalue weighted by atomic mass is 10.2. The van der Waals surface area contributed by atoms with Gasteiger partial charge in [-0.25, -0.2) is 4.98 Å². The van der Waals surface area contributed by atoms with Crippen LogP contribution in [-0.4, -0.2) is 14.8 Å². The van der Waals surface area contributed by atoms with Gasteiger partial charge >= 0.3 is 0 Å². The van der Waals surface area contributed by atoms with Crippen molar-refractivity contribution in [2.75, 3.05) is 0 Å². The third-order valence-electron chi connectivity index (χ3n) is 3.84. The van der Waals surface area contributed by atoms with Crippen LogP contribution in [0.15, 0.2) is 63.2 Å². The summed E-state index contributed by atoms with van der Waals surface area (Å²) in [4.78, 5) is 19.9. The maximum Gasteiger partial charge on any atom is 0.268 e. The maximum atomic E-state index is 13.4. The first-order valence-corrected chi connectivity index (χ1v) is 10.5. The second kappa shape index (κ2) is 7.08. The molecule has 4 nitrogen and oxygen atoms in total. The molecule has 0 fully saturated rings. The molecule has 3 aromatic heterocycles. The van der Waals surface area contributed by atoms with Crippen LogP contribution in [-0.2, 0) is 0 Å². The lowest BCUT2D eigenvalue weighted by Crippen LogP contribution is -2.22. The van der Waals surface area contributed by atoms with Gasteiger partial charge in [0.15, 0.2) is 5.16 Å². The second-order valence-electron chi connectivity index (χ2n) is 5.57. The van der Waals surface area contributed by atoms with E-state index in [0.29, 0.717) is 15.4 Å². The van der Waals surface area contributed by atoms with E-state index >= 15 is 0 Å². The fraction of sp³-hybridized carbons (Fsp3) is 0.105. The molecule has 0 saturated carbocycles. The minimum absolute atomic E-state index is 0.0986. The summed E-state index contributed by atoms with van der Waals surface area (Å²) < 4.78 is 1.62. The molecule has 128 valence electrons. The predicted octanol–water partition coefficient (Wildman–Crippen LogP) is 5.18. The molecule has 0 unspecified atom stereocenters. The number of thiophene rings is 2. The lowest BCUT2D eigenvalue weighted by Gasteiger charge is -2.13. The van der Waals surface area contributed by atoms with Gasteiger partial charge < -0.3 is 0 Å². The Kier molecular flexibility index (Phi) is 4.64. The normalized spacial score (nSPS) is 12.2. The molecule has 4 rings (SSSR count). The number of hydrogen-bond acceptors (Lipinski definition) is 6. The van der Waals surface area contributed by atoms with Crippen molar-refractivity contribution in [1.82, 2.24) is 9.55 Å². The molecule has 26 heavy (non-hydrogen) atoms. The Morgan fingerprint density at radius 3 is 2.69 bits per heavy atom. The summed E-state index contributed by atoms with van der Waals surface area (Å²) in [6.45, 7) is 1.81. The van der Waals surface area contributed by atoms with Crippen LogP contribution >= 0.6 is 34.4 Å². The van der Waals surface area contributed by atoms with Gasteiger partial charge in [0.25, 0.3) is 5.56 Å². The Morgan fingerprint density at radius 2 is 2.00 bits per heavy atom. The van der Waals surface area contributed by atoms with E-state index in [-0.39, 0.29) is 10.8 Å². The SMILES string of the molecule is C[C@H](C#N)Sc1nc2scc(-c3cccs3)c2c(=O)n1-c1ccccc1. The fourth-order valence-corrected chi connectivity index (χ4v) is 5.27.